The van der Waals surface area contributed by atoms with Crippen LogP contribution in [0, 0.1) is 0 Å². The van der Waals surface area contributed by atoms with E-state index in [1.165, 1.54) is 11.1 Å². The molecule has 0 amide bonds. The molecule has 0 radical (unpaired) electrons. The second-order valence-electron chi connectivity index (χ2n) is 12.6. The lowest BCUT2D eigenvalue weighted by Crippen LogP contribution is -2.42. The molecule has 9 nitrogen and oxygen atoms in total. The molecule has 2 atom stereocenters. The maximum Gasteiger partial charge on any atom is 0.123 e. The molecule has 0 aliphatic carbocycles. The summed E-state index contributed by atoms with van der Waals surface area (Å²) >= 11 is 0. The Balaban J connectivity index is -0.000000784. The first-order chi connectivity index (χ1) is 20.9. The third-order valence-electron chi connectivity index (χ3n) is 7.70. The van der Waals surface area contributed by atoms with Crippen LogP contribution in [0.15, 0.2) is 97.3 Å². The largest absolute Gasteiger partial charge is 0.412 e. The molecule has 0 saturated carbocycles. The summed E-state index contributed by atoms with van der Waals surface area (Å²) in [6.45, 7) is 9.61. The normalized spacial score (nSPS) is 11.7. The van der Waals surface area contributed by atoms with Crippen LogP contribution in [-0.4, -0.2) is 49.8 Å². The summed E-state index contributed by atoms with van der Waals surface area (Å²) < 4.78 is 0. The average molecular weight is 763 g/mol. The molecular formula is C36H56Cl4N6O3. The number of benzene rings is 2. The van der Waals surface area contributed by atoms with E-state index in [9.17, 15) is 10.2 Å². The number of anilines is 2. The van der Waals surface area contributed by atoms with Crippen molar-refractivity contribution < 1.29 is 15.7 Å². The highest BCUT2D eigenvalue weighted by molar-refractivity contribution is 5.86. The molecule has 0 saturated heterocycles. The zero-order valence-corrected chi connectivity index (χ0v) is 32.0. The summed E-state index contributed by atoms with van der Waals surface area (Å²) in [7, 11) is 0. The van der Waals surface area contributed by atoms with E-state index in [0.717, 1.165) is 36.8 Å². The second kappa shape index (κ2) is 25.3. The monoisotopic (exact) mass is 760 g/mol. The average Bonchev–Trinajstić information content (AvgIpc) is 3.03. The van der Waals surface area contributed by atoms with Crippen molar-refractivity contribution in [3.05, 3.63) is 120 Å². The van der Waals surface area contributed by atoms with Gasteiger partial charge in [0.05, 0.1) is 12.2 Å². The Morgan fingerprint density at radius 2 is 0.898 bits per heavy atom. The van der Waals surface area contributed by atoms with E-state index in [1.807, 2.05) is 24.3 Å². The lowest BCUT2D eigenvalue weighted by atomic mass is 9.95. The summed E-state index contributed by atoms with van der Waals surface area (Å²) in [5, 5.41) is 27.3. The number of nitrogens with two attached hydrogens (primary N) is 2. The van der Waals surface area contributed by atoms with E-state index in [2.05, 4.69) is 96.8 Å². The molecule has 2 aromatic carbocycles. The van der Waals surface area contributed by atoms with E-state index in [4.69, 9.17) is 11.5 Å². The smallest absolute Gasteiger partial charge is 0.123 e. The van der Waals surface area contributed by atoms with Gasteiger partial charge < -0.3 is 37.8 Å². The molecule has 4 aromatic rings. The number of rotatable bonds is 14. The van der Waals surface area contributed by atoms with E-state index < -0.39 is 12.2 Å². The highest BCUT2D eigenvalue weighted by Crippen LogP contribution is 2.18. The van der Waals surface area contributed by atoms with Gasteiger partial charge in [-0.05, 0) is 76.6 Å². The van der Waals surface area contributed by atoms with Gasteiger partial charge in [0.1, 0.15) is 11.6 Å². The van der Waals surface area contributed by atoms with Gasteiger partial charge in [-0.2, -0.15) is 0 Å². The molecule has 276 valence electrons. The number of nitrogen functional groups attached to an aromatic ring is 2. The van der Waals surface area contributed by atoms with Gasteiger partial charge in [0, 0.05) is 47.7 Å². The molecule has 0 aliphatic heterocycles. The molecule has 2 heterocycles. The first-order valence-electron chi connectivity index (χ1n) is 15.3. The molecule has 10 N–H and O–H groups in total. The van der Waals surface area contributed by atoms with Crippen LogP contribution < -0.4 is 22.1 Å². The van der Waals surface area contributed by atoms with E-state index in [1.54, 1.807) is 24.5 Å². The number of aliphatic hydroxyl groups is 2. The molecular weight excluding hydrogens is 706 g/mol. The van der Waals surface area contributed by atoms with Gasteiger partial charge >= 0.3 is 0 Å². The number of hydrogen-bond acceptors (Lipinski definition) is 8. The molecule has 0 fully saturated rings. The zero-order valence-electron chi connectivity index (χ0n) is 28.7. The van der Waals surface area contributed by atoms with Crippen molar-refractivity contribution in [3.63, 3.8) is 0 Å². The predicted octanol–water partition coefficient (Wildman–Crippen LogP) is 6.26. The minimum atomic E-state index is -0.580. The lowest BCUT2D eigenvalue weighted by molar-refractivity contribution is 0.159. The molecule has 0 aliphatic rings. The van der Waals surface area contributed by atoms with Gasteiger partial charge in [-0.3, -0.25) is 0 Å². The van der Waals surface area contributed by atoms with Crippen molar-refractivity contribution in [2.75, 3.05) is 24.6 Å². The number of aliphatic hydroxyl groups excluding tert-OH is 2. The van der Waals surface area contributed by atoms with Gasteiger partial charge in [0.15, 0.2) is 0 Å². The predicted molar refractivity (Wildman–Crippen MR) is 214 cm³/mol. The third-order valence-corrected chi connectivity index (χ3v) is 7.70. The first kappa shape index (κ1) is 50.7. The highest BCUT2D eigenvalue weighted by atomic mass is 35.5. The molecule has 13 heteroatoms. The van der Waals surface area contributed by atoms with E-state index in [0.29, 0.717) is 24.7 Å². The maximum atomic E-state index is 10.2. The Hall–Kier alpha value is -2.70. The highest BCUT2D eigenvalue weighted by Gasteiger charge is 2.20. The zero-order chi connectivity index (χ0) is 32.0. The minimum absolute atomic E-state index is 0. The van der Waals surface area contributed by atoms with E-state index >= 15 is 0 Å². The second-order valence-corrected chi connectivity index (χ2v) is 12.6. The Kier molecular flexibility index (Phi) is 26.1. The Morgan fingerprint density at radius 1 is 0.571 bits per heavy atom. The van der Waals surface area contributed by atoms with Crippen LogP contribution in [0.1, 0.15) is 75.0 Å². The fourth-order valence-electron chi connectivity index (χ4n) is 4.59. The van der Waals surface area contributed by atoms with Gasteiger partial charge in [0.25, 0.3) is 0 Å². The van der Waals surface area contributed by atoms with Crippen molar-refractivity contribution in [3.8, 4) is 0 Å². The number of nitrogens with zero attached hydrogens (tertiary/aromatic N) is 2. The van der Waals surface area contributed by atoms with Gasteiger partial charge in [0.2, 0.25) is 0 Å². The Morgan fingerprint density at radius 3 is 1.18 bits per heavy atom. The number of aryl methyl sites for hydroxylation is 2. The Bertz CT molecular complexity index is 1260. The van der Waals surface area contributed by atoms with Crippen molar-refractivity contribution in [1.29, 1.82) is 0 Å². The quantitative estimate of drug-likeness (QED) is 0.0874. The van der Waals surface area contributed by atoms with Gasteiger partial charge in [-0.1, -0.05) is 72.8 Å². The summed E-state index contributed by atoms with van der Waals surface area (Å²) in [6.07, 6.45) is 6.12. The van der Waals surface area contributed by atoms with Crippen molar-refractivity contribution in [2.24, 2.45) is 0 Å². The first-order valence-corrected chi connectivity index (χ1v) is 15.3. The van der Waals surface area contributed by atoms with Gasteiger partial charge in [-0.25, -0.2) is 9.97 Å². The van der Waals surface area contributed by atoms with Crippen LogP contribution in [0.5, 0.6) is 0 Å². The Labute approximate surface area is 317 Å². The SMILES string of the molecule is CC(C)(CCc1ccccc1)NCC(O)c1ccc(N)nc1.CC(C)(CCc1ccccc1)NCC(O)c1ccc(N)nc1.Cl.Cl.Cl.Cl.O. The summed E-state index contributed by atoms with van der Waals surface area (Å²) in [5.74, 6) is 0.930. The van der Waals surface area contributed by atoms with Crippen LogP contribution in [0.25, 0.3) is 0 Å². The molecule has 0 bridgehead atoms. The summed E-state index contributed by atoms with van der Waals surface area (Å²) in [4.78, 5) is 8.02. The summed E-state index contributed by atoms with van der Waals surface area (Å²) in [6, 6.07) is 27.9. The number of nitrogens with one attached hydrogen (secondary N) is 2. The third kappa shape index (κ3) is 19.9. The standard InChI is InChI=1S/2C18H25N3O.4ClH.H2O/c2*1-18(2,11-10-14-6-4-3-5-7-14)21-13-16(22)15-8-9-17(19)20-12-15;;;;;/h2*3-9,12,16,21-22H,10-11,13H2,1-2H3,(H2,19,20);4*1H;1H2. The van der Waals surface area contributed by atoms with Crippen LogP contribution in [0.2, 0.25) is 0 Å². The molecule has 0 spiro atoms. The van der Waals surface area contributed by atoms with Crippen LogP contribution >= 0.6 is 49.6 Å². The molecule has 2 aromatic heterocycles. The topological polar surface area (TPSA) is 174 Å². The van der Waals surface area contributed by atoms with Crippen LogP contribution in [-0.2, 0) is 12.8 Å². The number of aromatic nitrogens is 2. The fraction of sp³-hybridized carbons (Fsp3) is 0.389. The molecule has 4 rings (SSSR count). The molecule has 2 unspecified atom stereocenters. The number of β-amino-alcohol motifs (C(OH)–C–C–N with tert-alkyl or cyclic N) is 2. The summed E-state index contributed by atoms with van der Waals surface area (Å²) in [5.41, 5.74) is 15.3. The fourth-order valence-corrected chi connectivity index (χ4v) is 4.59. The van der Waals surface area contributed by atoms with Crippen LogP contribution in [0.4, 0.5) is 11.6 Å². The minimum Gasteiger partial charge on any atom is -0.412 e. The van der Waals surface area contributed by atoms with Crippen molar-refractivity contribution >= 4 is 61.3 Å². The number of pyridine rings is 2. The van der Waals surface area contributed by atoms with Gasteiger partial charge in [-0.15, -0.1) is 49.6 Å². The number of halogens is 4. The van der Waals surface area contributed by atoms with Crippen molar-refractivity contribution in [1.82, 2.24) is 20.6 Å². The van der Waals surface area contributed by atoms with Crippen molar-refractivity contribution in [2.45, 2.75) is 76.7 Å². The maximum absolute atomic E-state index is 10.2. The lowest BCUT2D eigenvalue weighted by Gasteiger charge is -2.28. The van der Waals surface area contributed by atoms with Crippen LogP contribution in [0.3, 0.4) is 0 Å². The molecule has 49 heavy (non-hydrogen) atoms. The van der Waals surface area contributed by atoms with E-state index in [-0.39, 0.29) is 66.2 Å². The number of hydrogen-bond donors (Lipinski definition) is 6.